The van der Waals surface area contributed by atoms with Crippen LogP contribution in [0.3, 0.4) is 0 Å². The predicted octanol–water partition coefficient (Wildman–Crippen LogP) is 3.50. The first kappa shape index (κ1) is 24.2. The second-order valence-electron chi connectivity index (χ2n) is 7.57. The number of benzene rings is 1. The summed E-state index contributed by atoms with van der Waals surface area (Å²) < 4.78 is 67.0. The Morgan fingerprint density at radius 1 is 1.17 bits per heavy atom. The van der Waals surface area contributed by atoms with Gasteiger partial charge in [-0.05, 0) is 42.3 Å². The quantitative estimate of drug-likeness (QED) is 0.364. The summed E-state index contributed by atoms with van der Waals surface area (Å²) in [4.78, 5) is 23.2. The zero-order valence-corrected chi connectivity index (χ0v) is 19.1. The van der Waals surface area contributed by atoms with Crippen LogP contribution in [0, 0.1) is 0 Å². The van der Waals surface area contributed by atoms with Gasteiger partial charge in [0.25, 0.3) is 0 Å². The Labute approximate surface area is 198 Å². The van der Waals surface area contributed by atoms with Crippen LogP contribution >= 0.6 is 0 Å². The minimum Gasteiger partial charge on any atom is -0.365 e. The number of hydrogen-bond donors (Lipinski definition) is 4. The van der Waals surface area contributed by atoms with Crippen LogP contribution in [0.2, 0.25) is 0 Å². The van der Waals surface area contributed by atoms with Crippen LogP contribution in [0.4, 0.5) is 42.0 Å². The van der Waals surface area contributed by atoms with Crippen LogP contribution in [0.5, 0.6) is 0 Å². The molecule has 1 aliphatic heterocycles. The van der Waals surface area contributed by atoms with E-state index in [0.717, 1.165) is 5.56 Å². The molecule has 0 unspecified atom stereocenters. The summed E-state index contributed by atoms with van der Waals surface area (Å²) in [5.74, 6) is -0.916. The first-order chi connectivity index (χ1) is 16.5. The van der Waals surface area contributed by atoms with Gasteiger partial charge in [0.1, 0.15) is 11.4 Å². The average Bonchev–Trinajstić information content (AvgIpc) is 3.17. The maximum absolute atomic E-state index is 13.6. The zero-order valence-electron chi connectivity index (χ0n) is 18.3. The lowest BCUT2D eigenvalue weighted by Gasteiger charge is -2.16. The second kappa shape index (κ2) is 9.37. The van der Waals surface area contributed by atoms with Gasteiger partial charge in [-0.1, -0.05) is 0 Å². The standard InChI is InChI=1S/C21H20F3N7O3S/c1-2-35(33,34)31-17-11-25-6-5-12(17)9-26-19-15(21(22,23)24)10-27-20(30-19)28-14-3-4-16-13(7-14)8-18(32)29-16/h3-7,10-11,31H,2,8-9H2,1H3,(H,29,32)(H2,26,27,28,30). The zero-order chi connectivity index (χ0) is 25.2. The van der Waals surface area contributed by atoms with Crippen LogP contribution in [0.25, 0.3) is 0 Å². The largest absolute Gasteiger partial charge is 0.421 e. The molecular weight excluding hydrogens is 487 g/mol. The summed E-state index contributed by atoms with van der Waals surface area (Å²) in [6.45, 7) is 1.28. The fourth-order valence-corrected chi connectivity index (χ4v) is 3.97. The van der Waals surface area contributed by atoms with Crippen molar-refractivity contribution in [2.24, 2.45) is 0 Å². The van der Waals surface area contributed by atoms with Crippen molar-refractivity contribution in [2.75, 3.05) is 26.4 Å². The molecule has 0 saturated carbocycles. The smallest absolute Gasteiger partial charge is 0.365 e. The normalized spacial score (nSPS) is 13.2. The van der Waals surface area contributed by atoms with Gasteiger partial charge in [-0.2, -0.15) is 18.2 Å². The highest BCUT2D eigenvalue weighted by Crippen LogP contribution is 2.35. The highest BCUT2D eigenvalue weighted by molar-refractivity contribution is 7.92. The van der Waals surface area contributed by atoms with E-state index in [1.165, 1.54) is 25.4 Å². The van der Waals surface area contributed by atoms with Gasteiger partial charge in [-0.25, -0.2) is 13.4 Å². The van der Waals surface area contributed by atoms with Crippen LogP contribution in [0.1, 0.15) is 23.6 Å². The van der Waals surface area contributed by atoms with E-state index in [1.54, 1.807) is 18.2 Å². The number of carbonyl (C=O) groups excluding carboxylic acids is 1. The number of alkyl halides is 3. The van der Waals surface area contributed by atoms with E-state index >= 15 is 0 Å². The molecule has 1 aromatic carbocycles. The fourth-order valence-electron chi connectivity index (χ4n) is 3.31. The van der Waals surface area contributed by atoms with E-state index < -0.39 is 27.6 Å². The van der Waals surface area contributed by atoms with Crippen molar-refractivity contribution in [3.05, 3.63) is 59.5 Å². The van der Waals surface area contributed by atoms with E-state index in [1.807, 2.05) is 0 Å². The number of fused-ring (bicyclic) bond motifs is 1. The third-order valence-corrected chi connectivity index (χ3v) is 6.37. The Kier molecular flexibility index (Phi) is 6.47. The summed E-state index contributed by atoms with van der Waals surface area (Å²) >= 11 is 0. The molecule has 4 N–H and O–H groups in total. The van der Waals surface area contributed by atoms with E-state index in [4.69, 9.17) is 0 Å². The van der Waals surface area contributed by atoms with E-state index in [-0.39, 0.29) is 36.3 Å². The number of amides is 1. The Morgan fingerprint density at radius 3 is 2.71 bits per heavy atom. The lowest BCUT2D eigenvalue weighted by atomic mass is 10.1. The number of halogens is 3. The Bertz CT molecular complexity index is 1380. The molecule has 0 spiro atoms. The minimum absolute atomic E-state index is 0.0978. The van der Waals surface area contributed by atoms with Crippen LogP contribution < -0.4 is 20.7 Å². The first-order valence-corrected chi connectivity index (χ1v) is 12.0. The molecule has 0 saturated heterocycles. The number of rotatable bonds is 8. The highest BCUT2D eigenvalue weighted by atomic mass is 32.2. The number of carbonyl (C=O) groups is 1. The van der Waals surface area contributed by atoms with Crippen molar-refractivity contribution >= 4 is 44.8 Å². The Hall–Kier alpha value is -3.94. The molecule has 0 fully saturated rings. The Morgan fingerprint density at radius 2 is 1.97 bits per heavy atom. The Balaban J connectivity index is 1.58. The van der Waals surface area contributed by atoms with E-state index in [9.17, 15) is 26.4 Å². The molecule has 0 atom stereocenters. The number of nitrogens with one attached hydrogen (secondary N) is 4. The molecule has 3 heterocycles. The molecule has 3 aromatic rings. The van der Waals surface area contributed by atoms with Crippen LogP contribution in [-0.4, -0.2) is 35.0 Å². The molecule has 184 valence electrons. The number of pyridine rings is 1. The summed E-state index contributed by atoms with van der Waals surface area (Å²) in [6, 6.07) is 6.48. The van der Waals surface area contributed by atoms with Crippen molar-refractivity contribution in [2.45, 2.75) is 26.1 Å². The number of nitrogens with zero attached hydrogens (tertiary/aromatic N) is 3. The SMILES string of the molecule is CCS(=O)(=O)Nc1cnccc1CNc1nc(Nc2ccc3c(c2)CC(=O)N3)ncc1C(F)(F)F. The van der Waals surface area contributed by atoms with Crippen molar-refractivity contribution in [1.29, 1.82) is 0 Å². The maximum Gasteiger partial charge on any atom is 0.421 e. The highest BCUT2D eigenvalue weighted by Gasteiger charge is 2.35. The summed E-state index contributed by atoms with van der Waals surface area (Å²) in [5.41, 5.74) is 1.33. The van der Waals surface area contributed by atoms with E-state index in [2.05, 4.69) is 35.6 Å². The summed E-state index contributed by atoms with van der Waals surface area (Å²) in [7, 11) is -3.62. The van der Waals surface area contributed by atoms with Gasteiger partial charge in [0, 0.05) is 30.3 Å². The maximum atomic E-state index is 13.6. The molecule has 14 heteroatoms. The molecule has 1 amide bonds. The van der Waals surface area contributed by atoms with Crippen LogP contribution in [0.15, 0.2) is 42.9 Å². The summed E-state index contributed by atoms with van der Waals surface area (Å²) in [6.07, 6.45) is -1.21. The van der Waals surface area contributed by atoms with Crippen molar-refractivity contribution < 1.29 is 26.4 Å². The first-order valence-electron chi connectivity index (χ1n) is 10.4. The van der Waals surface area contributed by atoms with Crippen molar-refractivity contribution in [1.82, 2.24) is 15.0 Å². The molecule has 1 aliphatic rings. The lowest BCUT2D eigenvalue weighted by molar-refractivity contribution is -0.137. The average molecular weight is 507 g/mol. The third kappa shape index (κ3) is 5.77. The van der Waals surface area contributed by atoms with Gasteiger partial charge < -0.3 is 16.0 Å². The molecular formula is C21H20F3N7O3S. The van der Waals surface area contributed by atoms with Gasteiger partial charge >= 0.3 is 6.18 Å². The second-order valence-corrected chi connectivity index (χ2v) is 9.58. The molecule has 4 rings (SSSR count). The lowest BCUT2D eigenvalue weighted by Crippen LogP contribution is -2.18. The summed E-state index contributed by atoms with van der Waals surface area (Å²) in [5, 5.41) is 8.17. The molecule has 0 aliphatic carbocycles. The van der Waals surface area contributed by atoms with Gasteiger partial charge in [0.05, 0.1) is 24.1 Å². The van der Waals surface area contributed by atoms with Crippen molar-refractivity contribution in [3.8, 4) is 0 Å². The van der Waals surface area contributed by atoms with Gasteiger partial charge in [-0.15, -0.1) is 0 Å². The number of sulfonamides is 1. The molecule has 10 nitrogen and oxygen atoms in total. The third-order valence-electron chi connectivity index (χ3n) is 5.08. The fraction of sp³-hybridized carbons (Fsp3) is 0.238. The molecule has 35 heavy (non-hydrogen) atoms. The number of anilines is 5. The monoisotopic (exact) mass is 507 g/mol. The van der Waals surface area contributed by atoms with E-state index in [0.29, 0.717) is 23.1 Å². The number of aromatic nitrogens is 3. The van der Waals surface area contributed by atoms with Crippen LogP contribution in [-0.2, 0) is 34.0 Å². The minimum atomic E-state index is -4.73. The van der Waals surface area contributed by atoms with Gasteiger partial charge in [0.2, 0.25) is 21.9 Å². The topological polar surface area (TPSA) is 138 Å². The van der Waals surface area contributed by atoms with Gasteiger partial charge in [0.15, 0.2) is 0 Å². The predicted molar refractivity (Wildman–Crippen MR) is 124 cm³/mol. The molecule has 0 radical (unpaired) electrons. The molecule has 0 bridgehead atoms. The van der Waals surface area contributed by atoms with Gasteiger partial charge in [-0.3, -0.25) is 14.5 Å². The molecule has 2 aromatic heterocycles. The van der Waals surface area contributed by atoms with Crippen molar-refractivity contribution in [3.63, 3.8) is 0 Å². The number of hydrogen-bond acceptors (Lipinski definition) is 8.